The Morgan fingerprint density at radius 3 is 2.32 bits per heavy atom. The Labute approximate surface area is 167 Å². The molecule has 1 saturated carbocycles. The highest BCUT2D eigenvalue weighted by molar-refractivity contribution is 6.30. The second-order valence-corrected chi connectivity index (χ2v) is 7.34. The summed E-state index contributed by atoms with van der Waals surface area (Å²) in [6.07, 6.45) is 3.15. The van der Waals surface area contributed by atoms with Crippen LogP contribution in [-0.2, 0) is 16.8 Å². The number of halogens is 1. The number of carbonyl (C=O) groups excluding carboxylic acids is 2. The molecule has 1 fully saturated rings. The lowest BCUT2D eigenvalue weighted by atomic mass is 9.95. The largest absolute Gasteiger partial charge is 0.459 e. The van der Waals surface area contributed by atoms with Crippen LogP contribution in [0.1, 0.15) is 34.5 Å². The van der Waals surface area contributed by atoms with Crippen molar-refractivity contribution >= 4 is 29.1 Å². The van der Waals surface area contributed by atoms with Crippen LogP contribution >= 0.6 is 11.6 Å². The molecule has 0 atom stereocenters. The van der Waals surface area contributed by atoms with Gasteiger partial charge < -0.3 is 15.1 Å². The molecule has 1 aliphatic carbocycles. The number of furan rings is 1. The van der Waals surface area contributed by atoms with E-state index in [9.17, 15) is 9.59 Å². The third kappa shape index (κ3) is 3.80. The molecule has 5 nitrogen and oxygen atoms in total. The number of rotatable bonds is 6. The molecule has 2 N–H and O–H groups in total. The fourth-order valence-electron chi connectivity index (χ4n) is 3.20. The maximum atomic E-state index is 12.7. The van der Waals surface area contributed by atoms with Crippen LogP contribution in [0.15, 0.2) is 71.3 Å². The van der Waals surface area contributed by atoms with E-state index in [1.807, 2.05) is 36.4 Å². The third-order valence-corrected chi connectivity index (χ3v) is 5.24. The lowest BCUT2D eigenvalue weighted by Gasteiger charge is -2.16. The minimum absolute atomic E-state index is 0.0324. The summed E-state index contributed by atoms with van der Waals surface area (Å²) in [7, 11) is 0. The third-order valence-electron chi connectivity index (χ3n) is 4.99. The number of amides is 2. The summed E-state index contributed by atoms with van der Waals surface area (Å²) in [6.45, 7) is 0.431. The summed E-state index contributed by atoms with van der Waals surface area (Å²) in [5.41, 5.74) is 2.19. The van der Waals surface area contributed by atoms with Gasteiger partial charge >= 0.3 is 0 Å². The topological polar surface area (TPSA) is 71.3 Å². The molecule has 1 aromatic heterocycles. The Bertz CT molecular complexity index is 976. The standard InChI is InChI=1S/C22H19ClN2O3/c23-17-7-5-16(6-8-17)22(11-12-22)21(27)24-14-15-3-9-18(10-4-15)25-20(26)19-2-1-13-28-19/h1-10,13H,11-12,14H2,(H,24,27)(H,25,26). The number of hydrogen-bond donors (Lipinski definition) is 2. The lowest BCUT2D eigenvalue weighted by molar-refractivity contribution is -0.123. The summed E-state index contributed by atoms with van der Waals surface area (Å²) in [5.74, 6) is -0.0111. The van der Waals surface area contributed by atoms with Crippen LogP contribution in [0, 0.1) is 0 Å². The summed E-state index contributed by atoms with van der Waals surface area (Å²) >= 11 is 5.94. The Hall–Kier alpha value is -3.05. The smallest absolute Gasteiger partial charge is 0.291 e. The van der Waals surface area contributed by atoms with E-state index in [2.05, 4.69) is 10.6 Å². The Kier molecular flexibility index (Phi) is 4.92. The molecule has 28 heavy (non-hydrogen) atoms. The van der Waals surface area contributed by atoms with Gasteiger partial charge in [-0.3, -0.25) is 9.59 Å². The molecule has 0 saturated heterocycles. The lowest BCUT2D eigenvalue weighted by Crippen LogP contribution is -2.34. The first-order valence-electron chi connectivity index (χ1n) is 9.05. The Morgan fingerprint density at radius 1 is 1.00 bits per heavy atom. The van der Waals surface area contributed by atoms with E-state index in [0.29, 0.717) is 17.3 Å². The van der Waals surface area contributed by atoms with Crippen LogP contribution in [0.5, 0.6) is 0 Å². The molecule has 142 valence electrons. The number of benzene rings is 2. The fourth-order valence-corrected chi connectivity index (χ4v) is 3.32. The monoisotopic (exact) mass is 394 g/mol. The van der Waals surface area contributed by atoms with Crippen molar-refractivity contribution in [2.24, 2.45) is 0 Å². The molecule has 2 aromatic carbocycles. The van der Waals surface area contributed by atoms with Crippen molar-refractivity contribution in [3.05, 3.63) is 88.8 Å². The van der Waals surface area contributed by atoms with Crippen LogP contribution in [0.25, 0.3) is 0 Å². The molecular formula is C22H19ClN2O3. The number of anilines is 1. The first kappa shape index (κ1) is 18.3. The molecule has 0 bridgehead atoms. The van der Waals surface area contributed by atoms with Gasteiger partial charge in [-0.1, -0.05) is 35.9 Å². The van der Waals surface area contributed by atoms with Crippen molar-refractivity contribution in [3.8, 4) is 0 Å². The predicted molar refractivity (Wildman–Crippen MR) is 107 cm³/mol. The van der Waals surface area contributed by atoms with Crippen molar-refractivity contribution in [1.29, 1.82) is 0 Å². The SMILES string of the molecule is O=C(Nc1ccc(CNC(=O)C2(c3ccc(Cl)cc3)CC2)cc1)c1ccco1. The van der Waals surface area contributed by atoms with E-state index in [1.54, 1.807) is 24.3 Å². The van der Waals surface area contributed by atoms with Gasteiger partial charge in [-0.25, -0.2) is 0 Å². The molecule has 0 aliphatic heterocycles. The van der Waals surface area contributed by atoms with Gasteiger partial charge in [-0.15, -0.1) is 0 Å². The Balaban J connectivity index is 1.34. The van der Waals surface area contributed by atoms with Crippen molar-refractivity contribution in [1.82, 2.24) is 5.32 Å². The average Bonchev–Trinajstić information content (AvgIpc) is 3.33. The molecule has 4 rings (SSSR count). The van der Waals surface area contributed by atoms with Crippen LogP contribution in [0.2, 0.25) is 5.02 Å². The predicted octanol–water partition coefficient (Wildman–Crippen LogP) is 4.53. The molecule has 2 amide bonds. The second kappa shape index (κ2) is 7.52. The van der Waals surface area contributed by atoms with Gasteiger partial charge in [0.1, 0.15) is 0 Å². The van der Waals surface area contributed by atoms with Gasteiger partial charge in [0, 0.05) is 17.3 Å². The molecule has 1 heterocycles. The first-order chi connectivity index (χ1) is 13.6. The summed E-state index contributed by atoms with van der Waals surface area (Å²) in [5, 5.41) is 6.45. The molecule has 6 heteroatoms. The molecule has 1 aliphatic rings. The van der Waals surface area contributed by atoms with Crippen molar-refractivity contribution in [3.63, 3.8) is 0 Å². The van der Waals surface area contributed by atoms with Crippen LogP contribution in [-0.4, -0.2) is 11.8 Å². The fraction of sp³-hybridized carbons (Fsp3) is 0.182. The highest BCUT2D eigenvalue weighted by Gasteiger charge is 2.50. The zero-order valence-electron chi connectivity index (χ0n) is 15.1. The first-order valence-corrected chi connectivity index (χ1v) is 9.43. The van der Waals surface area contributed by atoms with Gasteiger partial charge in [-0.2, -0.15) is 0 Å². The van der Waals surface area contributed by atoms with Gasteiger partial charge in [0.2, 0.25) is 5.91 Å². The van der Waals surface area contributed by atoms with Crippen LogP contribution in [0.3, 0.4) is 0 Å². The molecule has 0 spiro atoms. The zero-order chi connectivity index (χ0) is 19.6. The molecule has 3 aromatic rings. The van der Waals surface area contributed by atoms with E-state index in [-0.39, 0.29) is 17.6 Å². The van der Waals surface area contributed by atoms with Crippen molar-refractivity contribution < 1.29 is 14.0 Å². The van der Waals surface area contributed by atoms with Crippen molar-refractivity contribution in [2.75, 3.05) is 5.32 Å². The summed E-state index contributed by atoms with van der Waals surface area (Å²) in [4.78, 5) is 24.7. The van der Waals surface area contributed by atoms with Gasteiger partial charge in [0.05, 0.1) is 11.7 Å². The molecule has 0 radical (unpaired) electrons. The average molecular weight is 395 g/mol. The minimum Gasteiger partial charge on any atom is -0.459 e. The highest BCUT2D eigenvalue weighted by Crippen LogP contribution is 2.48. The minimum atomic E-state index is -0.429. The van der Waals surface area contributed by atoms with Gasteiger partial charge in [0.25, 0.3) is 5.91 Å². The second-order valence-electron chi connectivity index (χ2n) is 6.90. The quantitative estimate of drug-likeness (QED) is 0.645. The number of carbonyl (C=O) groups is 2. The van der Waals surface area contributed by atoms with E-state index in [0.717, 1.165) is 24.0 Å². The highest BCUT2D eigenvalue weighted by atomic mass is 35.5. The van der Waals surface area contributed by atoms with E-state index < -0.39 is 5.41 Å². The van der Waals surface area contributed by atoms with Gasteiger partial charge in [-0.05, 0) is 60.4 Å². The van der Waals surface area contributed by atoms with Crippen LogP contribution < -0.4 is 10.6 Å². The maximum Gasteiger partial charge on any atom is 0.291 e. The van der Waals surface area contributed by atoms with Gasteiger partial charge in [0.15, 0.2) is 5.76 Å². The maximum absolute atomic E-state index is 12.7. The van der Waals surface area contributed by atoms with Crippen LogP contribution in [0.4, 0.5) is 5.69 Å². The van der Waals surface area contributed by atoms with E-state index >= 15 is 0 Å². The molecule has 0 unspecified atom stereocenters. The summed E-state index contributed by atoms with van der Waals surface area (Å²) in [6, 6.07) is 18.1. The zero-order valence-corrected chi connectivity index (χ0v) is 15.8. The number of hydrogen-bond acceptors (Lipinski definition) is 3. The van der Waals surface area contributed by atoms with E-state index in [1.165, 1.54) is 6.26 Å². The van der Waals surface area contributed by atoms with Crippen molar-refractivity contribution in [2.45, 2.75) is 24.8 Å². The summed E-state index contributed by atoms with van der Waals surface area (Å²) < 4.78 is 5.07. The normalized spacial score (nSPS) is 14.3. The van der Waals surface area contributed by atoms with E-state index in [4.69, 9.17) is 16.0 Å². The molecular weight excluding hydrogens is 376 g/mol. The Morgan fingerprint density at radius 2 is 1.71 bits per heavy atom. The number of nitrogens with one attached hydrogen (secondary N) is 2.